The Morgan fingerprint density at radius 3 is 2.28 bits per heavy atom. The Kier molecular flexibility index (Phi) is 6.53. The van der Waals surface area contributed by atoms with E-state index in [9.17, 15) is 0 Å². The second-order valence-electron chi connectivity index (χ2n) is 15.6. The number of aromatic nitrogens is 1. The number of anilines is 3. The number of rotatable bonds is 5. The predicted molar refractivity (Wildman–Crippen MR) is 221 cm³/mol. The maximum Gasteiger partial charge on any atom is 0.256 e. The van der Waals surface area contributed by atoms with Crippen LogP contribution in [-0.2, 0) is 0 Å². The van der Waals surface area contributed by atoms with Gasteiger partial charge in [-0.25, -0.2) is 0 Å². The van der Waals surface area contributed by atoms with E-state index in [-0.39, 0.29) is 6.71 Å². The molecule has 2 bridgehead atoms. The van der Waals surface area contributed by atoms with Crippen molar-refractivity contribution in [2.45, 2.75) is 31.6 Å². The monoisotopic (exact) mass is 696 g/mol. The maximum absolute atomic E-state index is 6.62. The lowest BCUT2D eigenvalue weighted by atomic mass is 9.34. The van der Waals surface area contributed by atoms with Gasteiger partial charge in [0, 0.05) is 39.6 Å². The third-order valence-corrected chi connectivity index (χ3v) is 12.8. The van der Waals surface area contributed by atoms with Crippen LogP contribution < -0.4 is 30.8 Å². The van der Waals surface area contributed by atoms with Crippen molar-refractivity contribution < 1.29 is 9.47 Å². The second kappa shape index (κ2) is 11.7. The van der Waals surface area contributed by atoms with E-state index >= 15 is 0 Å². The molecule has 258 valence electrons. The summed E-state index contributed by atoms with van der Waals surface area (Å²) in [5.74, 6) is 5.79. The zero-order valence-electron chi connectivity index (χ0n) is 29.9. The Balaban J connectivity index is 1.09. The summed E-state index contributed by atoms with van der Waals surface area (Å²) in [5.41, 5.74) is 12.2. The van der Waals surface area contributed by atoms with E-state index in [4.69, 9.17) is 9.47 Å². The molecule has 2 fully saturated rings. The van der Waals surface area contributed by atoms with Crippen molar-refractivity contribution in [2.24, 2.45) is 11.8 Å². The van der Waals surface area contributed by atoms with Gasteiger partial charge in [0.25, 0.3) is 6.71 Å². The minimum Gasteiger partial charge on any atom is -0.458 e. The number of ether oxygens (including phenoxy) is 2. The summed E-state index contributed by atoms with van der Waals surface area (Å²) in [7, 11) is 0. The van der Waals surface area contributed by atoms with Gasteiger partial charge in [-0.15, -0.1) is 0 Å². The fraction of sp³-hybridized carbons (Fsp3) is 0.143. The highest BCUT2D eigenvalue weighted by Crippen LogP contribution is 2.55. The number of para-hydroxylation sites is 3. The fourth-order valence-electron chi connectivity index (χ4n) is 10.6. The van der Waals surface area contributed by atoms with E-state index in [0.29, 0.717) is 5.92 Å². The SMILES string of the molecule is c1ccc(Oc2cccc(N3c4cc(-n5c6ccccc6c6c(C7CC8CCC7C8)cccc65)ccc4B4c5ccccc5Oc5cccc3c54)c2)cc1. The molecule has 5 heteroatoms. The van der Waals surface area contributed by atoms with Gasteiger partial charge in [-0.2, -0.15) is 0 Å². The number of fused-ring (bicyclic) bond motifs is 9. The quantitative estimate of drug-likeness (QED) is 0.168. The summed E-state index contributed by atoms with van der Waals surface area (Å²) in [6, 6.07) is 56.7. The fourth-order valence-corrected chi connectivity index (χ4v) is 10.6. The number of hydrogen-bond donors (Lipinski definition) is 0. The van der Waals surface area contributed by atoms with Crippen LogP contribution in [0.2, 0.25) is 0 Å². The molecule has 2 aliphatic heterocycles. The molecule has 7 aromatic carbocycles. The Hall–Kier alpha value is -6.20. The van der Waals surface area contributed by atoms with Gasteiger partial charge in [0.15, 0.2) is 0 Å². The first-order valence-corrected chi connectivity index (χ1v) is 19.5. The van der Waals surface area contributed by atoms with E-state index in [2.05, 4.69) is 131 Å². The molecule has 8 aromatic rings. The maximum atomic E-state index is 6.62. The Morgan fingerprint density at radius 2 is 1.37 bits per heavy atom. The van der Waals surface area contributed by atoms with Gasteiger partial charge in [0.2, 0.25) is 0 Å². The topological polar surface area (TPSA) is 26.6 Å². The van der Waals surface area contributed by atoms with Crippen LogP contribution in [0.5, 0.6) is 23.0 Å². The minimum atomic E-state index is 0.0349. The largest absolute Gasteiger partial charge is 0.458 e. The first kappa shape index (κ1) is 30.3. The van der Waals surface area contributed by atoms with Gasteiger partial charge < -0.3 is 18.9 Å². The number of hydrogen-bond acceptors (Lipinski definition) is 3. The van der Waals surface area contributed by atoms with Gasteiger partial charge in [-0.1, -0.05) is 91.3 Å². The summed E-state index contributed by atoms with van der Waals surface area (Å²) in [4.78, 5) is 2.41. The molecule has 12 rings (SSSR count). The van der Waals surface area contributed by atoms with E-state index in [0.717, 1.165) is 57.6 Å². The summed E-state index contributed by atoms with van der Waals surface area (Å²) < 4.78 is 15.5. The lowest BCUT2D eigenvalue weighted by Crippen LogP contribution is -2.59. The molecule has 0 saturated heterocycles. The van der Waals surface area contributed by atoms with Crippen molar-refractivity contribution in [1.82, 2.24) is 4.57 Å². The van der Waals surface area contributed by atoms with Gasteiger partial charge in [-0.3, -0.25) is 0 Å². The van der Waals surface area contributed by atoms with Gasteiger partial charge in [-0.05, 0) is 126 Å². The van der Waals surface area contributed by atoms with E-state index < -0.39 is 0 Å². The van der Waals surface area contributed by atoms with E-state index in [1.165, 1.54) is 63.9 Å². The van der Waals surface area contributed by atoms with Crippen LogP contribution in [0.15, 0.2) is 158 Å². The van der Waals surface area contributed by atoms with Crippen molar-refractivity contribution in [2.75, 3.05) is 4.90 Å². The van der Waals surface area contributed by atoms with Crippen LogP contribution in [0.1, 0.15) is 37.2 Å². The Morgan fingerprint density at radius 1 is 0.574 bits per heavy atom. The molecule has 54 heavy (non-hydrogen) atoms. The van der Waals surface area contributed by atoms with Crippen LogP contribution in [0.25, 0.3) is 27.5 Å². The minimum absolute atomic E-state index is 0.0349. The second-order valence-corrected chi connectivity index (χ2v) is 15.6. The molecule has 2 saturated carbocycles. The first-order chi connectivity index (χ1) is 26.8. The normalized spacial score (nSPS) is 19.1. The third-order valence-electron chi connectivity index (χ3n) is 12.8. The molecule has 0 N–H and O–H groups in total. The lowest BCUT2D eigenvalue weighted by Gasteiger charge is -2.40. The summed E-state index contributed by atoms with van der Waals surface area (Å²) in [6.45, 7) is 0.0349. The first-order valence-electron chi connectivity index (χ1n) is 19.5. The highest BCUT2D eigenvalue weighted by molar-refractivity contribution is 6.99. The molecule has 0 amide bonds. The molecular formula is C49H37BN2O2. The van der Waals surface area contributed by atoms with Crippen molar-refractivity contribution in [1.29, 1.82) is 0 Å². The highest BCUT2D eigenvalue weighted by atomic mass is 16.5. The van der Waals surface area contributed by atoms with Gasteiger partial charge in [0.05, 0.1) is 11.0 Å². The third kappa shape index (κ3) is 4.45. The molecule has 3 atom stereocenters. The molecule has 4 aliphatic rings. The average Bonchev–Trinajstić information content (AvgIpc) is 3.95. The summed E-state index contributed by atoms with van der Waals surface area (Å²) in [6.07, 6.45) is 5.52. The van der Waals surface area contributed by atoms with Crippen LogP contribution in [-0.4, -0.2) is 11.3 Å². The van der Waals surface area contributed by atoms with Crippen LogP contribution in [0.4, 0.5) is 17.1 Å². The van der Waals surface area contributed by atoms with Crippen molar-refractivity contribution >= 4 is 62.0 Å². The van der Waals surface area contributed by atoms with Gasteiger partial charge in [0.1, 0.15) is 23.0 Å². The standard InChI is InChI=1S/C49H37BN2O2/c1-2-12-35(13-3-1)53-36-14-8-11-33(29-36)52-44-20-10-22-47-49(44)50(41-17-5-7-21-46(41)54-47)40-26-25-34(30-45(40)52)51-42-18-6-4-15-38(42)48-37(16-9-19-43(48)51)39-28-31-23-24-32(39)27-31/h1-22,25-26,29-32,39H,23-24,27-28H2. The van der Waals surface area contributed by atoms with Crippen LogP contribution >= 0.6 is 0 Å². The van der Waals surface area contributed by atoms with Crippen LogP contribution in [0.3, 0.4) is 0 Å². The molecule has 4 nitrogen and oxygen atoms in total. The van der Waals surface area contributed by atoms with E-state index in [1.807, 2.05) is 36.4 Å². The highest BCUT2D eigenvalue weighted by Gasteiger charge is 2.43. The number of nitrogens with zero attached hydrogens (tertiary/aromatic N) is 2. The van der Waals surface area contributed by atoms with Gasteiger partial charge >= 0.3 is 0 Å². The molecule has 1 aromatic heterocycles. The van der Waals surface area contributed by atoms with Crippen LogP contribution in [0, 0.1) is 11.8 Å². The molecular weight excluding hydrogens is 659 g/mol. The molecule has 3 heterocycles. The van der Waals surface area contributed by atoms with Crippen molar-refractivity contribution in [3.8, 4) is 28.7 Å². The molecule has 0 spiro atoms. The zero-order valence-corrected chi connectivity index (χ0v) is 29.9. The summed E-state index contributed by atoms with van der Waals surface area (Å²) >= 11 is 0. The summed E-state index contributed by atoms with van der Waals surface area (Å²) in [5, 5.41) is 2.78. The average molecular weight is 697 g/mol. The van der Waals surface area contributed by atoms with E-state index in [1.54, 1.807) is 5.56 Å². The Labute approximate surface area is 315 Å². The molecule has 2 aliphatic carbocycles. The smallest absolute Gasteiger partial charge is 0.256 e. The molecule has 0 radical (unpaired) electrons. The number of benzene rings is 7. The Bertz CT molecular complexity index is 2790. The van der Waals surface area contributed by atoms with Crippen molar-refractivity contribution in [3.63, 3.8) is 0 Å². The zero-order chi connectivity index (χ0) is 35.3. The predicted octanol–water partition coefficient (Wildman–Crippen LogP) is 10.9. The lowest BCUT2D eigenvalue weighted by molar-refractivity contribution is 0.422. The van der Waals surface area contributed by atoms with Crippen molar-refractivity contribution in [3.05, 3.63) is 163 Å². The molecule has 3 unspecified atom stereocenters.